The number of carbonyl (C=O) groups is 2. The van der Waals surface area contributed by atoms with Crippen LogP contribution in [0.5, 0.6) is 0 Å². The van der Waals surface area contributed by atoms with Crippen molar-refractivity contribution in [1.29, 1.82) is 0 Å². The van der Waals surface area contributed by atoms with Gasteiger partial charge in [-0.3, -0.25) is 9.59 Å². The minimum absolute atomic E-state index is 0.0161. The third-order valence-electron chi connectivity index (χ3n) is 6.28. The molecule has 1 aliphatic heterocycles. The van der Waals surface area contributed by atoms with Gasteiger partial charge in [0.1, 0.15) is 17.7 Å². The van der Waals surface area contributed by atoms with Crippen molar-refractivity contribution in [3.05, 3.63) is 71.8 Å². The summed E-state index contributed by atoms with van der Waals surface area (Å²) in [5.74, 6) is 1.50. The summed E-state index contributed by atoms with van der Waals surface area (Å²) >= 11 is 0. The molecule has 2 amide bonds. The summed E-state index contributed by atoms with van der Waals surface area (Å²) in [7, 11) is 0. The highest BCUT2D eigenvalue weighted by molar-refractivity contribution is 5.89. The summed E-state index contributed by atoms with van der Waals surface area (Å²) in [5.41, 5.74) is 3.34. The van der Waals surface area contributed by atoms with Crippen LogP contribution in [0.3, 0.4) is 0 Å². The average molecular weight is 446 g/mol. The maximum Gasteiger partial charge on any atom is 0.245 e. The Labute approximate surface area is 195 Å². The lowest BCUT2D eigenvalue weighted by Crippen LogP contribution is -2.59. The Hall–Kier alpha value is -3.48. The van der Waals surface area contributed by atoms with Crippen molar-refractivity contribution >= 4 is 11.8 Å². The molecule has 1 aliphatic rings. The van der Waals surface area contributed by atoms with E-state index < -0.39 is 6.04 Å². The Morgan fingerprint density at radius 1 is 1.00 bits per heavy atom. The second kappa shape index (κ2) is 9.98. The molecule has 4 rings (SSSR count). The largest absolute Gasteiger partial charge is 0.339 e. The van der Waals surface area contributed by atoms with Gasteiger partial charge in [-0.1, -0.05) is 54.6 Å². The van der Waals surface area contributed by atoms with Gasteiger partial charge in [-0.2, -0.15) is 5.10 Å². The Balaban J connectivity index is 1.49. The number of amides is 2. The number of hydrogen-bond donors (Lipinski definition) is 0. The lowest BCUT2D eigenvalue weighted by molar-refractivity contribution is -0.151. The maximum atomic E-state index is 13.2. The van der Waals surface area contributed by atoms with Crippen molar-refractivity contribution in [2.75, 3.05) is 19.6 Å². The molecule has 0 bridgehead atoms. The first-order valence-electron chi connectivity index (χ1n) is 11.6. The quantitative estimate of drug-likeness (QED) is 0.560. The average Bonchev–Trinajstić information content (AvgIpc) is 3.16. The van der Waals surface area contributed by atoms with Gasteiger partial charge in [0, 0.05) is 32.5 Å². The van der Waals surface area contributed by atoms with Crippen molar-refractivity contribution in [2.45, 2.75) is 46.2 Å². The van der Waals surface area contributed by atoms with Crippen LogP contribution < -0.4 is 0 Å². The number of rotatable bonds is 7. The van der Waals surface area contributed by atoms with Gasteiger partial charge in [0.05, 0.1) is 6.54 Å². The molecule has 2 aromatic carbocycles. The van der Waals surface area contributed by atoms with E-state index in [1.165, 1.54) is 0 Å². The molecule has 0 unspecified atom stereocenters. The van der Waals surface area contributed by atoms with E-state index in [0.29, 0.717) is 44.8 Å². The van der Waals surface area contributed by atoms with Crippen LogP contribution in [0.15, 0.2) is 54.6 Å². The molecule has 2 heterocycles. The minimum atomic E-state index is -0.479. The van der Waals surface area contributed by atoms with Gasteiger partial charge in [-0.15, -0.1) is 0 Å². The molecule has 1 aromatic heterocycles. The molecule has 0 radical (unpaired) electrons. The first-order chi connectivity index (χ1) is 16.0. The number of piperazine rings is 1. The molecular formula is C26H31N5O2. The second-order valence-corrected chi connectivity index (χ2v) is 8.47. The fraction of sp³-hybridized carbons (Fsp3) is 0.385. The summed E-state index contributed by atoms with van der Waals surface area (Å²) < 4.78 is 1.76. The zero-order valence-corrected chi connectivity index (χ0v) is 19.6. The Morgan fingerprint density at radius 3 is 2.33 bits per heavy atom. The summed E-state index contributed by atoms with van der Waals surface area (Å²) in [6.45, 7) is 7.96. The molecule has 1 saturated heterocycles. The molecular weight excluding hydrogens is 414 g/mol. The molecule has 3 aromatic rings. The predicted molar refractivity (Wildman–Crippen MR) is 127 cm³/mol. The normalized spacial score (nSPS) is 16.3. The van der Waals surface area contributed by atoms with E-state index in [1.54, 1.807) is 9.58 Å². The van der Waals surface area contributed by atoms with Crippen LogP contribution in [0, 0.1) is 13.8 Å². The van der Waals surface area contributed by atoms with Crippen LogP contribution in [0.2, 0.25) is 0 Å². The van der Waals surface area contributed by atoms with E-state index in [1.807, 2.05) is 43.9 Å². The summed E-state index contributed by atoms with van der Waals surface area (Å²) in [5, 5.41) is 4.35. The lowest BCUT2D eigenvalue weighted by Gasteiger charge is -2.40. The first-order valence-corrected chi connectivity index (χ1v) is 11.6. The third kappa shape index (κ3) is 5.13. The number of aromatic nitrogens is 3. The predicted octanol–water partition coefficient (Wildman–Crippen LogP) is 3.25. The molecule has 0 saturated carbocycles. The van der Waals surface area contributed by atoms with Crippen LogP contribution in [0.4, 0.5) is 0 Å². The number of hydrogen-bond acceptors (Lipinski definition) is 4. The van der Waals surface area contributed by atoms with Crippen molar-refractivity contribution in [3.8, 4) is 11.1 Å². The van der Waals surface area contributed by atoms with Crippen molar-refractivity contribution in [1.82, 2.24) is 24.6 Å². The van der Waals surface area contributed by atoms with E-state index in [0.717, 1.165) is 22.5 Å². The number of carbonyl (C=O) groups excluding carboxylic acids is 2. The second-order valence-electron chi connectivity index (χ2n) is 8.47. The zero-order valence-electron chi connectivity index (χ0n) is 19.6. The monoisotopic (exact) mass is 445 g/mol. The summed E-state index contributed by atoms with van der Waals surface area (Å²) in [6, 6.07) is 18.0. The fourth-order valence-corrected chi connectivity index (χ4v) is 4.45. The third-order valence-corrected chi connectivity index (χ3v) is 6.28. The highest BCUT2D eigenvalue weighted by atomic mass is 16.2. The molecule has 172 valence electrons. The molecule has 7 heteroatoms. The van der Waals surface area contributed by atoms with Crippen LogP contribution in [-0.2, 0) is 22.6 Å². The maximum absolute atomic E-state index is 13.2. The molecule has 1 atom stereocenters. The minimum Gasteiger partial charge on any atom is -0.339 e. The zero-order chi connectivity index (χ0) is 23.4. The van der Waals surface area contributed by atoms with Crippen molar-refractivity contribution in [2.24, 2.45) is 0 Å². The molecule has 33 heavy (non-hydrogen) atoms. The number of aryl methyl sites for hydroxylation is 3. The van der Waals surface area contributed by atoms with Crippen LogP contribution in [0.1, 0.15) is 30.6 Å². The highest BCUT2D eigenvalue weighted by Crippen LogP contribution is 2.22. The SMILES string of the molecule is CCN1CCN(C(=O)CCn2nc(C)nc2C)[C@@H](Cc2ccc(-c3ccccc3)cc2)C1=O. The number of nitrogens with zero attached hydrogens (tertiary/aromatic N) is 5. The van der Waals surface area contributed by atoms with E-state index in [-0.39, 0.29) is 11.8 Å². The molecule has 1 fully saturated rings. The van der Waals surface area contributed by atoms with Crippen LogP contribution in [-0.4, -0.2) is 62.1 Å². The van der Waals surface area contributed by atoms with Crippen LogP contribution >= 0.6 is 0 Å². The van der Waals surface area contributed by atoms with E-state index in [2.05, 4.69) is 46.5 Å². The van der Waals surface area contributed by atoms with Gasteiger partial charge in [0.15, 0.2) is 0 Å². The number of likely N-dealkylation sites (N-methyl/N-ethyl adjacent to an activating group) is 1. The van der Waals surface area contributed by atoms with E-state index >= 15 is 0 Å². The van der Waals surface area contributed by atoms with Gasteiger partial charge in [0.25, 0.3) is 0 Å². The van der Waals surface area contributed by atoms with Gasteiger partial charge in [-0.05, 0) is 37.5 Å². The summed E-state index contributed by atoms with van der Waals surface area (Å²) in [6.07, 6.45) is 0.810. The number of benzene rings is 2. The topological polar surface area (TPSA) is 71.3 Å². The fourth-order valence-electron chi connectivity index (χ4n) is 4.45. The van der Waals surface area contributed by atoms with E-state index in [9.17, 15) is 9.59 Å². The molecule has 7 nitrogen and oxygen atoms in total. The Morgan fingerprint density at radius 2 is 1.70 bits per heavy atom. The Bertz CT molecular complexity index is 1110. The van der Waals surface area contributed by atoms with Gasteiger partial charge in [0.2, 0.25) is 11.8 Å². The molecule has 0 spiro atoms. The van der Waals surface area contributed by atoms with E-state index in [4.69, 9.17) is 0 Å². The van der Waals surface area contributed by atoms with Gasteiger partial charge >= 0.3 is 0 Å². The van der Waals surface area contributed by atoms with Gasteiger partial charge < -0.3 is 9.80 Å². The van der Waals surface area contributed by atoms with Crippen molar-refractivity contribution in [3.63, 3.8) is 0 Å². The van der Waals surface area contributed by atoms with Gasteiger partial charge in [-0.25, -0.2) is 9.67 Å². The highest BCUT2D eigenvalue weighted by Gasteiger charge is 2.36. The van der Waals surface area contributed by atoms with Crippen molar-refractivity contribution < 1.29 is 9.59 Å². The van der Waals surface area contributed by atoms with Crippen LogP contribution in [0.25, 0.3) is 11.1 Å². The molecule has 0 aliphatic carbocycles. The first kappa shape index (κ1) is 22.7. The lowest BCUT2D eigenvalue weighted by atomic mass is 9.98. The summed E-state index contributed by atoms with van der Waals surface area (Å²) in [4.78, 5) is 34.3. The smallest absolute Gasteiger partial charge is 0.245 e. The Kier molecular flexibility index (Phi) is 6.87. The molecule has 0 N–H and O–H groups in total. The standard InChI is InChI=1S/C26H31N5O2/c1-4-29-16-17-30(25(32)14-15-31-20(3)27-19(2)28-31)24(26(29)33)18-21-10-12-23(13-11-21)22-8-6-5-7-9-22/h5-13,24H,4,14-18H2,1-3H3/t24-/m0/s1.